The van der Waals surface area contributed by atoms with Crippen LogP contribution < -0.4 is 11.2 Å². The summed E-state index contributed by atoms with van der Waals surface area (Å²) in [6.07, 6.45) is 1.87. The molecule has 0 aliphatic carbocycles. The van der Waals surface area contributed by atoms with E-state index in [1.165, 1.54) is 22.4 Å². The highest BCUT2D eigenvalue weighted by Gasteiger charge is 2.30. The fourth-order valence-electron chi connectivity index (χ4n) is 4.29. The Morgan fingerprint density at radius 3 is 2.40 bits per heavy atom. The number of esters is 1. The van der Waals surface area contributed by atoms with E-state index in [0.717, 1.165) is 5.56 Å². The van der Waals surface area contributed by atoms with Gasteiger partial charge < -0.3 is 14.2 Å². The lowest BCUT2D eigenvalue weighted by molar-refractivity contribution is -0.154. The highest BCUT2D eigenvalue weighted by Crippen LogP contribution is 2.26. The minimum Gasteiger partial charge on any atom is -0.455 e. The van der Waals surface area contributed by atoms with Gasteiger partial charge in [0.25, 0.3) is 5.56 Å². The van der Waals surface area contributed by atoms with Crippen LogP contribution in [0.3, 0.4) is 0 Å². The molecule has 0 spiro atoms. The number of rotatable bonds is 9. The number of nitrogens with zero attached hydrogens (tertiary/aromatic N) is 5. The molecule has 10 nitrogen and oxygen atoms in total. The molecule has 0 N–H and O–H groups in total. The first kappa shape index (κ1) is 25.9. The number of carbonyl (C=O) groups is 2. The van der Waals surface area contributed by atoms with Crippen LogP contribution in [0, 0.1) is 5.92 Å². The number of likely N-dealkylation sites (N-methyl/N-ethyl adjacent to an activating group) is 1. The van der Waals surface area contributed by atoms with Crippen LogP contribution in [0.15, 0.2) is 46.2 Å². The van der Waals surface area contributed by atoms with Gasteiger partial charge in [0.2, 0.25) is 5.91 Å². The van der Waals surface area contributed by atoms with Crippen LogP contribution >= 0.6 is 0 Å². The van der Waals surface area contributed by atoms with Crippen molar-refractivity contribution in [2.45, 2.75) is 52.3 Å². The molecule has 0 fully saturated rings. The molecule has 1 amide bonds. The standard InChI is InChI=1S/C25H33N5O5/c1-16(11-10-14-30-24(33)20-22(26-15-27(20)4)29(6)25(30)34)23(32)28(5)17(2)21(35-18(3)31)19-12-8-7-9-13-19/h7-9,12-13,15-17,21H,10-11,14H2,1-6H3/t16?,17-,21?/m0/s1. The molecule has 1 aromatic carbocycles. The fourth-order valence-corrected chi connectivity index (χ4v) is 4.29. The quantitative estimate of drug-likeness (QED) is 0.431. The van der Waals surface area contributed by atoms with Crippen LogP contribution in [-0.2, 0) is 35.0 Å². The van der Waals surface area contributed by atoms with Gasteiger partial charge in [-0.25, -0.2) is 9.78 Å². The Bertz CT molecular complexity index is 1320. The summed E-state index contributed by atoms with van der Waals surface area (Å²) in [6.45, 7) is 5.21. The van der Waals surface area contributed by atoms with Crippen molar-refractivity contribution in [1.29, 1.82) is 0 Å². The Morgan fingerprint density at radius 2 is 1.77 bits per heavy atom. The van der Waals surface area contributed by atoms with Crippen LogP contribution in [0.25, 0.3) is 11.2 Å². The van der Waals surface area contributed by atoms with Crippen LogP contribution in [-0.4, -0.2) is 48.6 Å². The monoisotopic (exact) mass is 483 g/mol. The van der Waals surface area contributed by atoms with E-state index < -0.39 is 23.8 Å². The highest BCUT2D eigenvalue weighted by molar-refractivity contribution is 5.78. The number of aryl methyl sites for hydroxylation is 2. The maximum Gasteiger partial charge on any atom is 0.332 e. The molecule has 3 aromatic rings. The Labute approximate surface area is 203 Å². The molecule has 2 unspecified atom stereocenters. The van der Waals surface area contributed by atoms with Gasteiger partial charge in [0, 0.05) is 40.5 Å². The third kappa shape index (κ3) is 5.36. The van der Waals surface area contributed by atoms with Gasteiger partial charge in [-0.1, -0.05) is 37.3 Å². The predicted molar refractivity (Wildman–Crippen MR) is 132 cm³/mol. The summed E-state index contributed by atoms with van der Waals surface area (Å²) in [5.74, 6) is -0.874. The van der Waals surface area contributed by atoms with Crippen molar-refractivity contribution in [2.75, 3.05) is 7.05 Å². The van der Waals surface area contributed by atoms with E-state index in [2.05, 4.69) is 4.98 Å². The second kappa shape index (κ2) is 10.7. The molecular formula is C25H33N5O5. The maximum atomic E-state index is 13.2. The van der Waals surface area contributed by atoms with Gasteiger partial charge in [0.15, 0.2) is 11.2 Å². The molecule has 3 atom stereocenters. The van der Waals surface area contributed by atoms with Crippen LogP contribution in [0.4, 0.5) is 0 Å². The van der Waals surface area contributed by atoms with Crippen molar-refractivity contribution in [3.8, 4) is 0 Å². The number of fused-ring (bicyclic) bond motifs is 1. The molecule has 10 heteroatoms. The number of imidazole rings is 1. The zero-order valence-corrected chi connectivity index (χ0v) is 21.1. The summed E-state index contributed by atoms with van der Waals surface area (Å²) >= 11 is 0. The van der Waals surface area contributed by atoms with E-state index in [9.17, 15) is 19.2 Å². The number of hydrogen-bond donors (Lipinski definition) is 0. The van der Waals surface area contributed by atoms with E-state index in [-0.39, 0.29) is 23.9 Å². The molecule has 0 saturated carbocycles. The first-order valence-corrected chi connectivity index (χ1v) is 11.6. The second-order valence-corrected chi connectivity index (χ2v) is 9.00. The Balaban J connectivity index is 1.69. The molecule has 2 heterocycles. The van der Waals surface area contributed by atoms with Gasteiger partial charge in [-0.2, -0.15) is 0 Å². The summed E-state index contributed by atoms with van der Waals surface area (Å²) in [7, 11) is 4.99. The molecule has 0 saturated heterocycles. The Morgan fingerprint density at radius 1 is 1.11 bits per heavy atom. The minimum atomic E-state index is -0.595. The van der Waals surface area contributed by atoms with E-state index in [4.69, 9.17) is 4.74 Å². The van der Waals surface area contributed by atoms with Crippen molar-refractivity contribution in [3.63, 3.8) is 0 Å². The van der Waals surface area contributed by atoms with Crippen molar-refractivity contribution in [2.24, 2.45) is 20.0 Å². The van der Waals surface area contributed by atoms with Gasteiger partial charge in [-0.15, -0.1) is 0 Å². The van der Waals surface area contributed by atoms with Gasteiger partial charge >= 0.3 is 11.7 Å². The van der Waals surface area contributed by atoms with Gasteiger partial charge in [-0.05, 0) is 25.3 Å². The van der Waals surface area contributed by atoms with Crippen molar-refractivity contribution < 1.29 is 14.3 Å². The highest BCUT2D eigenvalue weighted by atomic mass is 16.5. The van der Waals surface area contributed by atoms with E-state index >= 15 is 0 Å². The van der Waals surface area contributed by atoms with E-state index in [1.807, 2.05) is 44.2 Å². The zero-order chi connectivity index (χ0) is 25.9. The lowest BCUT2D eigenvalue weighted by atomic mass is 9.99. The molecule has 0 aliphatic rings. The van der Waals surface area contributed by atoms with Crippen LogP contribution in [0.2, 0.25) is 0 Å². The lowest BCUT2D eigenvalue weighted by Gasteiger charge is -2.33. The summed E-state index contributed by atoms with van der Waals surface area (Å²) in [5, 5.41) is 0. The molecule has 3 rings (SSSR count). The largest absolute Gasteiger partial charge is 0.455 e. The molecule has 188 valence electrons. The summed E-state index contributed by atoms with van der Waals surface area (Å²) in [4.78, 5) is 56.1. The third-order valence-electron chi connectivity index (χ3n) is 6.46. The summed E-state index contributed by atoms with van der Waals surface area (Å²) in [5.41, 5.74) is 0.696. The van der Waals surface area contributed by atoms with E-state index in [0.29, 0.717) is 24.0 Å². The van der Waals surface area contributed by atoms with Gasteiger partial charge in [0.1, 0.15) is 6.10 Å². The maximum absolute atomic E-state index is 13.2. The average Bonchev–Trinajstić information content (AvgIpc) is 3.23. The van der Waals surface area contributed by atoms with E-state index in [1.54, 1.807) is 30.6 Å². The SMILES string of the molecule is CC(=O)OC(c1ccccc1)[C@H](C)N(C)C(=O)C(C)CCCn1c(=O)c2c(ncn2C)n(C)c1=O. The van der Waals surface area contributed by atoms with Crippen molar-refractivity contribution >= 4 is 23.0 Å². The Hall–Kier alpha value is -3.69. The number of aromatic nitrogens is 4. The topological polar surface area (TPSA) is 108 Å². The number of ether oxygens (including phenoxy) is 1. The fraction of sp³-hybridized carbons (Fsp3) is 0.480. The number of amides is 1. The summed E-state index contributed by atoms with van der Waals surface area (Å²) < 4.78 is 9.70. The van der Waals surface area contributed by atoms with Gasteiger partial charge in [-0.3, -0.25) is 23.5 Å². The minimum absolute atomic E-state index is 0.104. The smallest absolute Gasteiger partial charge is 0.332 e. The molecule has 0 radical (unpaired) electrons. The zero-order valence-electron chi connectivity index (χ0n) is 21.1. The second-order valence-electron chi connectivity index (χ2n) is 9.00. The number of hydrogen-bond acceptors (Lipinski definition) is 6. The molecule has 0 aliphatic heterocycles. The van der Waals surface area contributed by atoms with Gasteiger partial charge in [0.05, 0.1) is 12.4 Å². The predicted octanol–water partition coefficient (Wildman–Crippen LogP) is 2.00. The average molecular weight is 484 g/mol. The first-order chi connectivity index (χ1) is 16.5. The first-order valence-electron chi connectivity index (χ1n) is 11.6. The molecule has 35 heavy (non-hydrogen) atoms. The third-order valence-corrected chi connectivity index (χ3v) is 6.46. The number of carbonyl (C=O) groups excluding carboxylic acids is 2. The van der Waals surface area contributed by atoms with Crippen LogP contribution in [0.5, 0.6) is 0 Å². The lowest BCUT2D eigenvalue weighted by Crippen LogP contribution is -2.43. The van der Waals surface area contributed by atoms with Crippen molar-refractivity contribution in [3.05, 3.63) is 63.1 Å². The summed E-state index contributed by atoms with van der Waals surface area (Å²) in [6, 6.07) is 8.93. The van der Waals surface area contributed by atoms with Crippen LogP contribution in [0.1, 0.15) is 45.3 Å². The van der Waals surface area contributed by atoms with Crippen molar-refractivity contribution in [1.82, 2.24) is 23.6 Å². The molecule has 2 aromatic heterocycles. The Kier molecular flexibility index (Phi) is 7.93. The molecular weight excluding hydrogens is 450 g/mol. The molecule has 0 bridgehead atoms. The number of benzene rings is 1. The normalized spacial score (nSPS) is 13.9.